The lowest BCUT2D eigenvalue weighted by Gasteiger charge is -2.40. The lowest BCUT2D eigenvalue weighted by atomic mass is 9.67. The zero-order valence-corrected chi connectivity index (χ0v) is 15.3. The van der Waals surface area contributed by atoms with Crippen LogP contribution in [0.15, 0.2) is 91.0 Å². The molecule has 2 heteroatoms. The molecule has 0 aliphatic heterocycles. The van der Waals surface area contributed by atoms with E-state index in [4.69, 9.17) is 12.6 Å². The van der Waals surface area contributed by atoms with Crippen molar-refractivity contribution in [3.63, 3.8) is 0 Å². The summed E-state index contributed by atoms with van der Waals surface area (Å²) in [4.78, 5) is 0. The zero-order valence-electron chi connectivity index (χ0n) is 12.8. The van der Waals surface area contributed by atoms with E-state index in [1.54, 1.807) is 0 Å². The normalized spacial score (nSPS) is 12.8. The molecule has 1 atom stereocenters. The van der Waals surface area contributed by atoms with Gasteiger partial charge in [0.05, 0.1) is 5.41 Å². The summed E-state index contributed by atoms with van der Waals surface area (Å²) in [5, 5.41) is 0.907. The van der Waals surface area contributed by atoms with Crippen molar-refractivity contribution in [2.45, 2.75) is 10.7 Å². The summed E-state index contributed by atoms with van der Waals surface area (Å²) in [6.07, 6.45) is 0. The molecule has 0 saturated carbocycles. The number of halogens is 1. The fourth-order valence-corrected chi connectivity index (χ4v) is 4.23. The van der Waals surface area contributed by atoms with E-state index in [0.29, 0.717) is 0 Å². The fraction of sp³-hybridized carbons (Fsp3) is 0.143. The minimum absolute atomic E-state index is 0.106. The molecule has 1 unspecified atom stereocenters. The highest BCUT2D eigenvalue weighted by Crippen LogP contribution is 2.44. The van der Waals surface area contributed by atoms with E-state index in [9.17, 15) is 0 Å². The molecule has 0 bridgehead atoms. The van der Waals surface area contributed by atoms with Gasteiger partial charge in [0.1, 0.15) is 0 Å². The number of alkyl halides is 1. The quantitative estimate of drug-likeness (QED) is 0.325. The van der Waals surface area contributed by atoms with Gasteiger partial charge >= 0.3 is 0 Å². The predicted molar refractivity (Wildman–Crippen MR) is 106 cm³/mol. The maximum Gasteiger partial charge on any atom is 0.0575 e. The molecule has 0 nitrogen and oxygen atoms in total. The van der Waals surface area contributed by atoms with Crippen molar-refractivity contribution >= 4 is 28.6 Å². The Hall–Kier alpha value is -1.51. The second-order valence-corrected chi connectivity index (χ2v) is 6.85. The van der Waals surface area contributed by atoms with E-state index in [1.165, 1.54) is 16.7 Å². The summed E-state index contributed by atoms with van der Waals surface area (Å²) in [5.41, 5.74) is 3.49. The Kier molecular flexibility index (Phi) is 5.24. The molecule has 23 heavy (non-hydrogen) atoms. The molecule has 0 radical (unpaired) electrons. The van der Waals surface area contributed by atoms with Crippen LogP contribution in [0.1, 0.15) is 16.7 Å². The Morgan fingerprint density at radius 1 is 0.652 bits per heavy atom. The van der Waals surface area contributed by atoms with E-state index in [2.05, 4.69) is 107 Å². The number of hydrogen-bond acceptors (Lipinski definition) is 1. The van der Waals surface area contributed by atoms with Gasteiger partial charge in [0.25, 0.3) is 0 Å². The second kappa shape index (κ2) is 7.37. The van der Waals surface area contributed by atoms with Gasteiger partial charge in [0.2, 0.25) is 0 Å². The van der Waals surface area contributed by atoms with Crippen LogP contribution in [0.4, 0.5) is 0 Å². The Balaban J connectivity index is 2.35. The van der Waals surface area contributed by atoms with Crippen LogP contribution >= 0.6 is 28.6 Å². The smallest absolute Gasteiger partial charge is 0.0575 e. The molecule has 0 amide bonds. The molecular formula is C21H19BrS. The van der Waals surface area contributed by atoms with Gasteiger partial charge in [-0.1, -0.05) is 107 Å². The standard InChI is InChI=1S/C21H19BrS/c22-16-20(23)21(17-10-4-1-5-11-17,18-12-6-2-7-13-18)19-14-8-3-9-15-19/h1-15,20,23H,16H2. The van der Waals surface area contributed by atoms with Crippen LogP contribution in [0, 0.1) is 0 Å². The van der Waals surface area contributed by atoms with Crippen LogP contribution in [-0.2, 0) is 5.41 Å². The van der Waals surface area contributed by atoms with Crippen LogP contribution in [-0.4, -0.2) is 10.6 Å². The lowest BCUT2D eigenvalue weighted by molar-refractivity contribution is 0.619. The van der Waals surface area contributed by atoms with Crippen LogP contribution in [0.2, 0.25) is 0 Å². The first kappa shape index (κ1) is 16.4. The van der Waals surface area contributed by atoms with Gasteiger partial charge in [0, 0.05) is 10.6 Å². The third kappa shape index (κ3) is 2.98. The van der Waals surface area contributed by atoms with Gasteiger partial charge in [-0.05, 0) is 16.7 Å². The molecule has 116 valence electrons. The van der Waals surface area contributed by atoms with E-state index in [0.717, 1.165) is 5.33 Å². The summed E-state index contributed by atoms with van der Waals surface area (Å²) >= 11 is 8.66. The molecule has 0 N–H and O–H groups in total. The Morgan fingerprint density at radius 2 is 0.957 bits per heavy atom. The third-order valence-electron chi connectivity index (χ3n) is 4.33. The minimum atomic E-state index is -0.295. The van der Waals surface area contributed by atoms with Crippen LogP contribution < -0.4 is 0 Å². The highest BCUT2D eigenvalue weighted by atomic mass is 79.9. The van der Waals surface area contributed by atoms with Gasteiger partial charge < -0.3 is 0 Å². The molecule has 3 rings (SSSR count). The molecule has 3 aromatic carbocycles. The van der Waals surface area contributed by atoms with Crippen molar-refractivity contribution in [2.24, 2.45) is 0 Å². The number of benzene rings is 3. The second-order valence-electron chi connectivity index (χ2n) is 5.58. The summed E-state index contributed by atoms with van der Waals surface area (Å²) in [7, 11) is 0. The van der Waals surface area contributed by atoms with Gasteiger partial charge in [-0.25, -0.2) is 0 Å². The average Bonchev–Trinajstić information content (AvgIpc) is 2.65. The van der Waals surface area contributed by atoms with Crippen molar-refractivity contribution in [3.05, 3.63) is 108 Å². The molecule has 0 fully saturated rings. The Bertz CT molecular complexity index is 629. The maximum atomic E-state index is 5.00. The molecule has 0 spiro atoms. The molecular weight excluding hydrogens is 364 g/mol. The monoisotopic (exact) mass is 382 g/mol. The van der Waals surface area contributed by atoms with Crippen molar-refractivity contribution in [3.8, 4) is 0 Å². The molecule has 3 aromatic rings. The summed E-state index contributed by atoms with van der Waals surface area (Å²) in [6.45, 7) is 0. The van der Waals surface area contributed by atoms with Gasteiger partial charge in [-0.15, -0.1) is 0 Å². The highest BCUT2D eigenvalue weighted by molar-refractivity contribution is 9.09. The number of rotatable bonds is 5. The summed E-state index contributed by atoms with van der Waals surface area (Å²) < 4.78 is 0. The van der Waals surface area contributed by atoms with Crippen LogP contribution in [0.3, 0.4) is 0 Å². The van der Waals surface area contributed by atoms with Gasteiger partial charge in [-0.3, -0.25) is 0 Å². The van der Waals surface area contributed by atoms with E-state index in [-0.39, 0.29) is 10.7 Å². The molecule has 0 aliphatic rings. The minimum Gasteiger partial charge on any atom is -0.173 e. The van der Waals surface area contributed by atoms with Crippen molar-refractivity contribution < 1.29 is 0 Å². The van der Waals surface area contributed by atoms with Crippen LogP contribution in [0.5, 0.6) is 0 Å². The Labute approximate surface area is 152 Å². The number of hydrogen-bond donors (Lipinski definition) is 1. The van der Waals surface area contributed by atoms with Gasteiger partial charge in [0.15, 0.2) is 0 Å². The number of thiol groups is 1. The Morgan fingerprint density at radius 3 is 1.22 bits per heavy atom. The van der Waals surface area contributed by atoms with E-state index >= 15 is 0 Å². The summed E-state index contributed by atoms with van der Waals surface area (Å²) in [5.74, 6) is 0. The fourth-order valence-electron chi connectivity index (χ4n) is 3.30. The first-order chi connectivity index (χ1) is 11.3. The predicted octanol–water partition coefficient (Wildman–Crippen LogP) is 5.71. The van der Waals surface area contributed by atoms with E-state index < -0.39 is 0 Å². The molecule has 0 saturated heterocycles. The van der Waals surface area contributed by atoms with Crippen molar-refractivity contribution in [1.29, 1.82) is 0 Å². The topological polar surface area (TPSA) is 0 Å². The molecule has 0 heterocycles. The SMILES string of the molecule is SC(CBr)C(c1ccccc1)(c1ccccc1)c1ccccc1. The van der Waals surface area contributed by atoms with Crippen molar-refractivity contribution in [1.82, 2.24) is 0 Å². The van der Waals surface area contributed by atoms with E-state index in [1.807, 2.05) is 0 Å². The third-order valence-corrected chi connectivity index (χ3v) is 6.05. The molecule has 0 aliphatic carbocycles. The highest BCUT2D eigenvalue weighted by Gasteiger charge is 2.41. The average molecular weight is 383 g/mol. The first-order valence-electron chi connectivity index (χ1n) is 7.70. The van der Waals surface area contributed by atoms with Crippen LogP contribution in [0.25, 0.3) is 0 Å². The zero-order chi connectivity index (χ0) is 16.1. The lowest BCUT2D eigenvalue weighted by Crippen LogP contribution is -2.40. The maximum absolute atomic E-state index is 5.00. The van der Waals surface area contributed by atoms with Crippen molar-refractivity contribution in [2.75, 3.05) is 5.33 Å². The largest absolute Gasteiger partial charge is 0.173 e. The first-order valence-corrected chi connectivity index (χ1v) is 9.34. The summed E-state index contributed by atoms with van der Waals surface area (Å²) in [6, 6.07) is 32.0. The molecule has 0 aromatic heterocycles. The van der Waals surface area contributed by atoms with Gasteiger partial charge in [-0.2, -0.15) is 12.6 Å².